The normalized spacial score (nSPS) is 27.6. The molecule has 1 atom stereocenters. The second-order valence-electron chi connectivity index (χ2n) is 4.78. The van der Waals surface area contributed by atoms with Crippen molar-refractivity contribution in [1.29, 1.82) is 0 Å². The van der Waals surface area contributed by atoms with Crippen LogP contribution < -0.4 is 5.32 Å². The average Bonchev–Trinajstić information content (AvgIpc) is 2.66. The fourth-order valence-corrected chi connectivity index (χ4v) is 2.46. The zero-order valence-electron chi connectivity index (χ0n) is 9.04. The number of aromatic nitrogens is 1. The first-order valence-corrected chi connectivity index (χ1v) is 6.13. The van der Waals surface area contributed by atoms with E-state index in [2.05, 4.69) is 16.5 Å². The van der Waals surface area contributed by atoms with Crippen LogP contribution >= 0.6 is 0 Å². The molecule has 2 aliphatic rings. The number of hydrogen-bond donors (Lipinski definition) is 1. The smallest absolute Gasteiger partial charge is 0.153 e. The van der Waals surface area contributed by atoms with Crippen molar-refractivity contribution < 1.29 is 4.52 Å². The van der Waals surface area contributed by atoms with Gasteiger partial charge in [-0.05, 0) is 32.2 Å². The molecule has 15 heavy (non-hydrogen) atoms. The van der Waals surface area contributed by atoms with Crippen molar-refractivity contribution >= 4 is 0 Å². The van der Waals surface area contributed by atoms with Gasteiger partial charge >= 0.3 is 0 Å². The zero-order chi connectivity index (χ0) is 10.1. The Morgan fingerprint density at radius 2 is 2.13 bits per heavy atom. The third kappa shape index (κ3) is 1.81. The van der Waals surface area contributed by atoms with Gasteiger partial charge in [-0.1, -0.05) is 18.0 Å². The molecule has 0 amide bonds. The summed E-state index contributed by atoms with van der Waals surface area (Å²) >= 11 is 0. The summed E-state index contributed by atoms with van der Waals surface area (Å²) in [6.45, 7) is 1.12. The third-order valence-corrected chi connectivity index (χ3v) is 3.72. The molecule has 3 nitrogen and oxygen atoms in total. The van der Waals surface area contributed by atoms with Crippen LogP contribution in [0, 0.1) is 0 Å². The van der Waals surface area contributed by atoms with Gasteiger partial charge in [0, 0.05) is 12.0 Å². The van der Waals surface area contributed by atoms with Crippen LogP contribution in [-0.2, 0) is 0 Å². The van der Waals surface area contributed by atoms with Crippen LogP contribution in [0.15, 0.2) is 10.6 Å². The Labute approximate surface area is 90.2 Å². The Morgan fingerprint density at radius 1 is 1.20 bits per heavy atom. The lowest BCUT2D eigenvalue weighted by Crippen LogP contribution is -2.26. The summed E-state index contributed by atoms with van der Waals surface area (Å²) in [6.07, 6.45) is 7.74. The largest absolute Gasteiger partial charge is 0.359 e. The van der Waals surface area contributed by atoms with Crippen molar-refractivity contribution in [2.24, 2.45) is 0 Å². The van der Waals surface area contributed by atoms with Crippen LogP contribution in [0.25, 0.3) is 0 Å². The molecule has 1 saturated carbocycles. The molecule has 3 heteroatoms. The van der Waals surface area contributed by atoms with Gasteiger partial charge in [-0.25, -0.2) is 0 Å². The monoisotopic (exact) mass is 206 g/mol. The van der Waals surface area contributed by atoms with Crippen LogP contribution in [0.2, 0.25) is 0 Å². The fraction of sp³-hybridized carbons (Fsp3) is 0.750. The summed E-state index contributed by atoms with van der Waals surface area (Å²) in [4.78, 5) is 0. The topological polar surface area (TPSA) is 38.1 Å². The predicted octanol–water partition coefficient (Wildman–Crippen LogP) is 2.76. The summed E-state index contributed by atoms with van der Waals surface area (Å²) in [5.41, 5.74) is 1.18. The van der Waals surface area contributed by atoms with E-state index in [0.717, 1.165) is 12.3 Å². The summed E-state index contributed by atoms with van der Waals surface area (Å²) in [6, 6.07) is 2.59. The first-order chi connectivity index (χ1) is 7.43. The van der Waals surface area contributed by atoms with Crippen molar-refractivity contribution in [2.75, 3.05) is 6.54 Å². The van der Waals surface area contributed by atoms with E-state index >= 15 is 0 Å². The van der Waals surface area contributed by atoms with Gasteiger partial charge in [0.05, 0.1) is 11.7 Å². The molecule has 0 radical (unpaired) electrons. The van der Waals surface area contributed by atoms with E-state index in [1.54, 1.807) is 0 Å². The highest BCUT2D eigenvalue weighted by atomic mass is 16.5. The maximum Gasteiger partial charge on any atom is 0.153 e. The average molecular weight is 206 g/mol. The van der Waals surface area contributed by atoms with Gasteiger partial charge in [-0.15, -0.1) is 0 Å². The first-order valence-electron chi connectivity index (χ1n) is 6.13. The van der Waals surface area contributed by atoms with Crippen LogP contribution in [0.1, 0.15) is 61.9 Å². The van der Waals surface area contributed by atoms with Crippen molar-refractivity contribution in [3.8, 4) is 0 Å². The van der Waals surface area contributed by atoms with Crippen molar-refractivity contribution in [3.05, 3.63) is 17.5 Å². The second kappa shape index (κ2) is 3.97. The van der Waals surface area contributed by atoms with E-state index in [1.165, 1.54) is 44.2 Å². The van der Waals surface area contributed by atoms with Crippen LogP contribution in [0.4, 0.5) is 0 Å². The molecule has 82 valence electrons. The number of nitrogens with zero attached hydrogens (tertiary/aromatic N) is 1. The highest BCUT2D eigenvalue weighted by Crippen LogP contribution is 2.36. The maximum absolute atomic E-state index is 5.45. The lowest BCUT2D eigenvalue weighted by Gasteiger charge is -2.22. The van der Waals surface area contributed by atoms with Crippen LogP contribution in [0.3, 0.4) is 0 Å². The van der Waals surface area contributed by atoms with Gasteiger partial charge in [-0.2, -0.15) is 0 Å². The molecule has 2 fully saturated rings. The third-order valence-electron chi connectivity index (χ3n) is 3.72. The molecule has 1 aromatic heterocycles. The van der Waals surface area contributed by atoms with Crippen LogP contribution in [0.5, 0.6) is 0 Å². The van der Waals surface area contributed by atoms with Gasteiger partial charge in [0.25, 0.3) is 0 Å². The number of rotatable bonds is 2. The molecule has 1 aliphatic carbocycles. The van der Waals surface area contributed by atoms with Gasteiger partial charge in [0.15, 0.2) is 5.76 Å². The van der Waals surface area contributed by atoms with E-state index in [1.807, 2.05) is 0 Å². The Kier molecular flexibility index (Phi) is 2.49. The molecular weight excluding hydrogens is 188 g/mol. The minimum Gasteiger partial charge on any atom is -0.359 e. The summed E-state index contributed by atoms with van der Waals surface area (Å²) in [5, 5.41) is 7.69. The number of hydrogen-bond acceptors (Lipinski definition) is 3. The lowest BCUT2D eigenvalue weighted by molar-refractivity contribution is 0.296. The number of piperidine rings is 1. The van der Waals surface area contributed by atoms with E-state index < -0.39 is 0 Å². The zero-order valence-corrected chi connectivity index (χ0v) is 9.04. The predicted molar refractivity (Wildman–Crippen MR) is 57.7 cm³/mol. The number of nitrogens with one attached hydrogen (secondary N) is 1. The fourth-order valence-electron chi connectivity index (χ4n) is 2.46. The molecule has 1 N–H and O–H groups in total. The maximum atomic E-state index is 5.45. The molecule has 1 saturated heterocycles. The molecule has 2 heterocycles. The van der Waals surface area contributed by atoms with E-state index in [-0.39, 0.29) is 0 Å². The van der Waals surface area contributed by atoms with E-state index in [4.69, 9.17) is 4.52 Å². The first kappa shape index (κ1) is 9.40. The Hall–Kier alpha value is -0.830. The Bertz CT molecular complexity index is 324. The van der Waals surface area contributed by atoms with E-state index in [0.29, 0.717) is 12.0 Å². The van der Waals surface area contributed by atoms with Gasteiger partial charge < -0.3 is 9.84 Å². The molecule has 1 aliphatic heterocycles. The summed E-state index contributed by atoms with van der Waals surface area (Å²) in [7, 11) is 0. The standard InChI is InChI=1S/C12H18N2O/c1-2-7-13-10(6-1)12-8-11(14-15-12)9-4-3-5-9/h8-10,13H,1-7H2. The molecule has 0 bridgehead atoms. The Morgan fingerprint density at radius 3 is 2.80 bits per heavy atom. The summed E-state index contributed by atoms with van der Waals surface area (Å²) < 4.78 is 5.45. The van der Waals surface area contributed by atoms with E-state index in [9.17, 15) is 0 Å². The molecule has 3 rings (SSSR count). The minimum absolute atomic E-state index is 0.417. The highest BCUT2D eigenvalue weighted by Gasteiger charge is 2.25. The minimum atomic E-state index is 0.417. The highest BCUT2D eigenvalue weighted by molar-refractivity contribution is 5.15. The lowest BCUT2D eigenvalue weighted by atomic mass is 9.83. The molecule has 0 spiro atoms. The van der Waals surface area contributed by atoms with Gasteiger partial charge in [0.2, 0.25) is 0 Å². The van der Waals surface area contributed by atoms with Crippen molar-refractivity contribution in [1.82, 2.24) is 10.5 Å². The Balaban J connectivity index is 1.71. The van der Waals surface area contributed by atoms with Crippen molar-refractivity contribution in [2.45, 2.75) is 50.5 Å². The SMILES string of the molecule is c1c(C2CCC2)noc1C1CCCCN1. The van der Waals surface area contributed by atoms with Crippen LogP contribution in [-0.4, -0.2) is 11.7 Å². The molecular formula is C12H18N2O. The quantitative estimate of drug-likeness (QED) is 0.808. The van der Waals surface area contributed by atoms with Gasteiger partial charge in [0.1, 0.15) is 0 Å². The van der Waals surface area contributed by atoms with Gasteiger partial charge in [-0.3, -0.25) is 0 Å². The molecule has 1 unspecified atom stereocenters. The molecule has 0 aromatic carbocycles. The molecule has 1 aromatic rings. The van der Waals surface area contributed by atoms with Crippen molar-refractivity contribution in [3.63, 3.8) is 0 Å². The summed E-state index contributed by atoms with van der Waals surface area (Å²) in [5.74, 6) is 1.74. The second-order valence-corrected chi connectivity index (χ2v) is 4.78.